The van der Waals surface area contributed by atoms with E-state index >= 15 is 0 Å². The van der Waals surface area contributed by atoms with E-state index in [1.165, 1.54) is 0 Å². The van der Waals surface area contributed by atoms with Gasteiger partial charge in [-0.3, -0.25) is 4.79 Å². The number of ketones is 1. The van der Waals surface area contributed by atoms with Crippen molar-refractivity contribution in [2.45, 2.75) is 18.0 Å². The van der Waals surface area contributed by atoms with Crippen molar-refractivity contribution in [2.24, 2.45) is 0 Å². The number of Topliss-reactive ketones (excluding diaryl/α,β-unsaturated/α-hetero) is 1. The number of hydrogen-bond donors (Lipinski definition) is 0. The first-order valence-corrected chi connectivity index (χ1v) is 4.54. The minimum absolute atomic E-state index is 0.387. The van der Waals surface area contributed by atoms with Gasteiger partial charge in [0.05, 0.1) is 5.56 Å². The summed E-state index contributed by atoms with van der Waals surface area (Å²) in [5.74, 6) is -17.3. The largest absolute Gasteiger partial charge is 0.460 e. The smallest absolute Gasteiger partial charge is 0.287 e. The van der Waals surface area contributed by atoms with Gasteiger partial charge in [-0.2, -0.15) is 30.7 Å². The van der Waals surface area contributed by atoms with E-state index in [0.717, 1.165) is 12.1 Å². The highest BCUT2D eigenvalue weighted by Crippen LogP contribution is 2.47. The van der Waals surface area contributed by atoms with Crippen LogP contribution in [0.5, 0.6) is 0 Å². The van der Waals surface area contributed by atoms with Crippen LogP contribution in [0.15, 0.2) is 24.3 Å². The molecule has 0 aromatic heterocycles. The van der Waals surface area contributed by atoms with Crippen LogP contribution >= 0.6 is 0 Å². The van der Waals surface area contributed by atoms with Gasteiger partial charge in [0.2, 0.25) is 5.78 Å². The van der Waals surface area contributed by atoms with Crippen molar-refractivity contribution in [1.29, 1.82) is 0 Å². The first-order valence-electron chi connectivity index (χ1n) is 4.54. The Bertz CT molecular complexity index is 491. The number of carbonyl (C=O) groups excluding carboxylic acids is 1. The Balaban J connectivity index is 3.29. The van der Waals surface area contributed by atoms with Crippen molar-refractivity contribution in [3.8, 4) is 0 Å². The number of benzene rings is 1. The maximum atomic E-state index is 13.0. The van der Waals surface area contributed by atoms with Gasteiger partial charge in [0.15, 0.2) is 0 Å². The van der Waals surface area contributed by atoms with E-state index in [4.69, 9.17) is 0 Å². The summed E-state index contributed by atoms with van der Waals surface area (Å²) >= 11 is 0. The molecule has 1 aromatic carbocycles. The zero-order chi connectivity index (χ0) is 15.1. The molecule has 0 atom stereocenters. The highest BCUT2D eigenvalue weighted by atomic mass is 19.4. The normalized spacial score (nSPS) is 13.5. The number of alkyl halides is 7. The van der Waals surface area contributed by atoms with E-state index < -0.39 is 35.2 Å². The van der Waals surface area contributed by atoms with Gasteiger partial charge in [0, 0.05) is 0 Å². The lowest BCUT2D eigenvalue weighted by atomic mass is 9.99. The molecule has 0 aliphatic rings. The summed E-state index contributed by atoms with van der Waals surface area (Å²) in [5.41, 5.74) is -1.54. The highest BCUT2D eigenvalue weighted by Gasteiger charge is 2.76. The molecule has 0 amide bonds. The average Bonchev–Trinajstić information content (AvgIpc) is 2.27. The third kappa shape index (κ3) is 2.41. The summed E-state index contributed by atoms with van der Waals surface area (Å²) in [6, 6.07) is 2.66. The van der Waals surface area contributed by atoms with E-state index in [9.17, 15) is 39.9 Å². The molecule has 0 heterocycles. The predicted octanol–water partition coefficient (Wildman–Crippen LogP) is 3.84. The summed E-state index contributed by atoms with van der Waals surface area (Å²) in [5, 5.41) is 0. The van der Waals surface area contributed by atoms with Crippen molar-refractivity contribution in [2.75, 3.05) is 0 Å². The number of hydrogen-bond acceptors (Lipinski definition) is 1. The van der Waals surface area contributed by atoms with Gasteiger partial charge in [-0.25, -0.2) is 4.39 Å². The topological polar surface area (TPSA) is 17.1 Å². The van der Waals surface area contributed by atoms with Gasteiger partial charge < -0.3 is 0 Å². The Morgan fingerprint density at radius 3 is 1.79 bits per heavy atom. The number of halogens is 8. The first-order chi connectivity index (χ1) is 8.43. The number of carbonyl (C=O) groups is 1. The van der Waals surface area contributed by atoms with Crippen molar-refractivity contribution in [1.82, 2.24) is 0 Å². The zero-order valence-electron chi connectivity index (χ0n) is 8.74. The molecule has 0 saturated heterocycles. The highest BCUT2D eigenvalue weighted by molar-refractivity contribution is 6.02. The minimum atomic E-state index is -6.64. The average molecular weight is 292 g/mol. The SMILES string of the molecule is O=C(c1ccccc1F)C(F)(F)C(F)(F)C(F)(F)F. The molecule has 0 N–H and O–H groups in total. The lowest BCUT2D eigenvalue weighted by Gasteiger charge is -2.27. The van der Waals surface area contributed by atoms with E-state index in [2.05, 4.69) is 0 Å². The molecular formula is C10H4F8O. The van der Waals surface area contributed by atoms with E-state index in [1.54, 1.807) is 0 Å². The molecule has 0 unspecified atom stereocenters. The van der Waals surface area contributed by atoms with E-state index in [-0.39, 0.29) is 0 Å². The standard InChI is InChI=1S/C10H4F8O/c11-6-4-2-1-3-5(6)7(19)8(12,13)9(14,15)10(16,17)18/h1-4H. The lowest BCUT2D eigenvalue weighted by Crippen LogP contribution is -2.56. The maximum Gasteiger partial charge on any atom is 0.460 e. The Labute approximate surface area is 100 Å². The van der Waals surface area contributed by atoms with Gasteiger partial charge in [0.1, 0.15) is 5.82 Å². The summed E-state index contributed by atoms with van der Waals surface area (Å²) in [4.78, 5) is 11.0. The fourth-order valence-corrected chi connectivity index (χ4v) is 1.14. The van der Waals surface area contributed by atoms with Crippen molar-refractivity contribution < 1.29 is 39.9 Å². The summed E-state index contributed by atoms with van der Waals surface area (Å²) in [6.07, 6.45) is -6.64. The molecule has 1 aromatic rings. The quantitative estimate of drug-likeness (QED) is 0.611. The molecule has 9 heteroatoms. The molecule has 19 heavy (non-hydrogen) atoms. The van der Waals surface area contributed by atoms with Gasteiger partial charge in [-0.05, 0) is 12.1 Å². The summed E-state index contributed by atoms with van der Waals surface area (Å²) in [6.45, 7) is 0. The van der Waals surface area contributed by atoms with Crippen molar-refractivity contribution in [3.05, 3.63) is 35.6 Å². The number of rotatable bonds is 3. The lowest BCUT2D eigenvalue weighted by molar-refractivity contribution is -0.339. The molecule has 106 valence electrons. The molecule has 1 nitrogen and oxygen atoms in total. The minimum Gasteiger partial charge on any atom is -0.287 e. The Hall–Kier alpha value is -1.67. The molecule has 0 saturated carbocycles. The van der Waals surface area contributed by atoms with E-state index in [1.807, 2.05) is 0 Å². The molecule has 0 spiro atoms. The molecule has 0 aliphatic carbocycles. The van der Waals surface area contributed by atoms with Crippen LogP contribution in [-0.2, 0) is 0 Å². The first kappa shape index (κ1) is 15.4. The zero-order valence-corrected chi connectivity index (χ0v) is 8.74. The fraction of sp³-hybridized carbons (Fsp3) is 0.300. The maximum absolute atomic E-state index is 13.0. The molecule has 0 aliphatic heterocycles. The van der Waals surface area contributed by atoms with Crippen molar-refractivity contribution >= 4 is 5.78 Å². The Morgan fingerprint density at radius 1 is 0.895 bits per heavy atom. The second kappa shape index (κ2) is 4.46. The van der Waals surface area contributed by atoms with Crippen LogP contribution in [0, 0.1) is 5.82 Å². The van der Waals surface area contributed by atoms with Crippen LogP contribution in [0.2, 0.25) is 0 Å². The monoisotopic (exact) mass is 292 g/mol. The fourth-order valence-electron chi connectivity index (χ4n) is 1.14. The molecule has 0 bridgehead atoms. The second-order valence-corrected chi connectivity index (χ2v) is 3.46. The van der Waals surface area contributed by atoms with Crippen LogP contribution in [-0.4, -0.2) is 23.8 Å². The summed E-state index contributed by atoms with van der Waals surface area (Å²) < 4.78 is 99.5. The van der Waals surface area contributed by atoms with Crippen LogP contribution < -0.4 is 0 Å². The van der Waals surface area contributed by atoms with E-state index in [0.29, 0.717) is 12.1 Å². The predicted molar refractivity (Wildman–Crippen MR) is 46.7 cm³/mol. The van der Waals surface area contributed by atoms with Crippen LogP contribution in [0.4, 0.5) is 35.1 Å². The van der Waals surface area contributed by atoms with Gasteiger partial charge in [-0.1, -0.05) is 12.1 Å². The Kier molecular flexibility index (Phi) is 3.61. The molecule has 0 fully saturated rings. The molecule has 1 rings (SSSR count). The third-order valence-electron chi connectivity index (χ3n) is 2.15. The van der Waals surface area contributed by atoms with Crippen LogP contribution in [0.1, 0.15) is 10.4 Å². The van der Waals surface area contributed by atoms with Gasteiger partial charge in [0.25, 0.3) is 0 Å². The molecular weight excluding hydrogens is 288 g/mol. The van der Waals surface area contributed by atoms with Crippen LogP contribution in [0.25, 0.3) is 0 Å². The third-order valence-corrected chi connectivity index (χ3v) is 2.15. The summed E-state index contributed by atoms with van der Waals surface area (Å²) in [7, 11) is 0. The molecule has 0 radical (unpaired) electrons. The van der Waals surface area contributed by atoms with Crippen LogP contribution in [0.3, 0.4) is 0 Å². The van der Waals surface area contributed by atoms with Crippen molar-refractivity contribution in [3.63, 3.8) is 0 Å². The Morgan fingerprint density at radius 2 is 1.37 bits per heavy atom. The van der Waals surface area contributed by atoms with Gasteiger partial charge >= 0.3 is 18.0 Å². The van der Waals surface area contributed by atoms with Gasteiger partial charge in [-0.15, -0.1) is 0 Å². The second-order valence-electron chi connectivity index (χ2n) is 3.46.